The molecule has 0 unspecified atom stereocenters. The van der Waals surface area contributed by atoms with Gasteiger partial charge in [0.2, 0.25) is 5.95 Å². The van der Waals surface area contributed by atoms with Gasteiger partial charge < -0.3 is 10.1 Å². The van der Waals surface area contributed by atoms with E-state index in [4.69, 9.17) is 4.74 Å². The molecule has 0 saturated heterocycles. The Kier molecular flexibility index (Phi) is 8.15. The van der Waals surface area contributed by atoms with Crippen molar-refractivity contribution in [3.8, 4) is 5.75 Å². The van der Waals surface area contributed by atoms with E-state index in [1.807, 2.05) is 31.2 Å². The summed E-state index contributed by atoms with van der Waals surface area (Å²) in [7, 11) is 0. The summed E-state index contributed by atoms with van der Waals surface area (Å²) in [5.41, 5.74) is 3.14. The molecule has 0 saturated carbocycles. The van der Waals surface area contributed by atoms with E-state index in [1.165, 1.54) is 24.3 Å². The summed E-state index contributed by atoms with van der Waals surface area (Å²) in [6.45, 7) is 2.48. The fourth-order valence-electron chi connectivity index (χ4n) is 3.49. The molecule has 0 radical (unpaired) electrons. The van der Waals surface area contributed by atoms with Crippen LogP contribution in [-0.2, 0) is 0 Å². The predicted molar refractivity (Wildman–Crippen MR) is 147 cm³/mol. The molecule has 0 aliphatic rings. The van der Waals surface area contributed by atoms with Gasteiger partial charge in [-0.3, -0.25) is 20.2 Å². The molecule has 0 atom stereocenters. The van der Waals surface area contributed by atoms with E-state index in [0.29, 0.717) is 35.1 Å². The first-order valence-electron chi connectivity index (χ1n) is 11.6. The van der Waals surface area contributed by atoms with E-state index in [9.17, 15) is 20.2 Å². The third-order valence-electron chi connectivity index (χ3n) is 5.24. The van der Waals surface area contributed by atoms with Crippen LogP contribution in [0.5, 0.6) is 5.75 Å². The zero-order chi connectivity index (χ0) is 26.9. The van der Waals surface area contributed by atoms with Crippen LogP contribution in [0, 0.1) is 20.2 Å². The number of aromatic nitrogens is 2. The summed E-state index contributed by atoms with van der Waals surface area (Å²) < 4.78 is 5.48. The summed E-state index contributed by atoms with van der Waals surface area (Å²) >= 11 is 0. The van der Waals surface area contributed by atoms with Gasteiger partial charge in [0.05, 0.1) is 27.8 Å². The Labute approximate surface area is 218 Å². The van der Waals surface area contributed by atoms with E-state index in [0.717, 1.165) is 11.4 Å². The number of hydrogen-bond acceptors (Lipinski definition) is 8. The zero-order valence-electron chi connectivity index (χ0n) is 20.4. The van der Waals surface area contributed by atoms with Gasteiger partial charge in [-0.15, -0.1) is 0 Å². The number of ether oxygens (including phenoxy) is 1. The van der Waals surface area contributed by atoms with Crippen LogP contribution in [0.2, 0.25) is 0 Å². The standard InChI is InChI=1S/C28H23N5O5/c1-2-38-27-15-13-22(14-16-27)29-28-30-23(11-9-20-5-3-7-25(17-20)32(34)35)19-24(31-28)12-10-21-6-4-8-26(18-21)33(36)37/h3-19H,2H2,1H3,(H,29,30,31). The summed E-state index contributed by atoms with van der Waals surface area (Å²) in [6, 6.07) is 21.6. The third kappa shape index (κ3) is 7.08. The van der Waals surface area contributed by atoms with Gasteiger partial charge in [-0.2, -0.15) is 0 Å². The largest absolute Gasteiger partial charge is 0.494 e. The SMILES string of the molecule is CCOc1ccc(Nc2nc(C=Cc3cccc([N+](=O)[O-])c3)cc(C=Cc3cccc([N+](=O)[O-])c3)n2)cc1. The zero-order valence-corrected chi connectivity index (χ0v) is 20.4. The van der Waals surface area contributed by atoms with Crippen LogP contribution in [0.3, 0.4) is 0 Å². The Bertz CT molecular complexity index is 1430. The normalized spacial score (nSPS) is 11.1. The van der Waals surface area contributed by atoms with Crippen molar-refractivity contribution in [1.82, 2.24) is 9.97 Å². The van der Waals surface area contributed by atoms with E-state index in [-0.39, 0.29) is 11.4 Å². The van der Waals surface area contributed by atoms with Crippen LogP contribution in [0.15, 0.2) is 78.9 Å². The van der Waals surface area contributed by atoms with Crippen molar-refractivity contribution in [2.45, 2.75) is 6.92 Å². The van der Waals surface area contributed by atoms with Gasteiger partial charge in [-0.05, 0) is 60.5 Å². The number of nitro groups is 2. The maximum atomic E-state index is 11.1. The van der Waals surface area contributed by atoms with Gasteiger partial charge in [0.1, 0.15) is 5.75 Å². The third-order valence-corrected chi connectivity index (χ3v) is 5.24. The van der Waals surface area contributed by atoms with Crippen LogP contribution in [-0.4, -0.2) is 26.4 Å². The molecule has 3 aromatic carbocycles. The molecule has 0 spiro atoms. The Balaban J connectivity index is 1.65. The number of nitrogens with zero attached hydrogens (tertiary/aromatic N) is 4. The van der Waals surface area contributed by atoms with Gasteiger partial charge >= 0.3 is 0 Å². The lowest BCUT2D eigenvalue weighted by Gasteiger charge is -2.08. The molecule has 10 heteroatoms. The maximum absolute atomic E-state index is 11.1. The Morgan fingerprint density at radius 1 is 0.763 bits per heavy atom. The van der Waals surface area contributed by atoms with Gasteiger partial charge in [0.25, 0.3) is 11.4 Å². The minimum Gasteiger partial charge on any atom is -0.494 e. The Morgan fingerprint density at radius 3 is 1.76 bits per heavy atom. The van der Waals surface area contributed by atoms with E-state index < -0.39 is 9.85 Å². The lowest BCUT2D eigenvalue weighted by Crippen LogP contribution is -2.00. The molecule has 190 valence electrons. The van der Waals surface area contributed by atoms with Gasteiger partial charge in [0.15, 0.2) is 0 Å². The van der Waals surface area contributed by atoms with E-state index >= 15 is 0 Å². The fourth-order valence-corrected chi connectivity index (χ4v) is 3.49. The second-order valence-corrected chi connectivity index (χ2v) is 7.99. The maximum Gasteiger partial charge on any atom is 0.270 e. The highest BCUT2D eigenvalue weighted by atomic mass is 16.6. The quantitative estimate of drug-likeness (QED) is 0.183. The summed E-state index contributed by atoms with van der Waals surface area (Å²) in [5, 5.41) is 25.4. The monoisotopic (exact) mass is 509 g/mol. The molecule has 1 N–H and O–H groups in total. The molecule has 4 aromatic rings. The first-order valence-corrected chi connectivity index (χ1v) is 11.6. The van der Waals surface area contributed by atoms with Crippen molar-refractivity contribution in [1.29, 1.82) is 0 Å². The number of benzene rings is 3. The Hall–Kier alpha value is -5.38. The molecule has 10 nitrogen and oxygen atoms in total. The lowest BCUT2D eigenvalue weighted by molar-refractivity contribution is -0.385. The Morgan fingerprint density at radius 2 is 1.29 bits per heavy atom. The number of anilines is 2. The minimum absolute atomic E-state index is 0.00623. The predicted octanol–water partition coefficient (Wildman–Crippen LogP) is 6.78. The number of non-ortho nitro benzene ring substituents is 2. The van der Waals surface area contributed by atoms with Crippen molar-refractivity contribution in [3.05, 3.63) is 122 Å². The van der Waals surface area contributed by atoms with Crippen LogP contribution in [0.25, 0.3) is 24.3 Å². The fraction of sp³-hybridized carbons (Fsp3) is 0.0714. The van der Waals surface area contributed by atoms with Crippen molar-refractivity contribution in [2.75, 3.05) is 11.9 Å². The number of nitrogens with one attached hydrogen (secondary N) is 1. The van der Waals surface area contributed by atoms with Crippen molar-refractivity contribution in [3.63, 3.8) is 0 Å². The molecular formula is C28H23N5O5. The molecule has 1 aromatic heterocycles. The average molecular weight is 510 g/mol. The van der Waals surface area contributed by atoms with Crippen molar-refractivity contribution >= 4 is 47.3 Å². The molecule has 0 bridgehead atoms. The summed E-state index contributed by atoms with van der Waals surface area (Å²) in [5.74, 6) is 1.07. The molecule has 1 heterocycles. The highest BCUT2D eigenvalue weighted by molar-refractivity contribution is 5.74. The highest BCUT2D eigenvalue weighted by Gasteiger charge is 2.07. The molecule has 0 fully saturated rings. The smallest absolute Gasteiger partial charge is 0.270 e. The number of rotatable bonds is 10. The van der Waals surface area contributed by atoms with Gasteiger partial charge in [0, 0.05) is 30.0 Å². The van der Waals surface area contributed by atoms with Crippen molar-refractivity contribution in [2.24, 2.45) is 0 Å². The second-order valence-electron chi connectivity index (χ2n) is 7.99. The van der Waals surface area contributed by atoms with Gasteiger partial charge in [-0.25, -0.2) is 9.97 Å². The van der Waals surface area contributed by atoms with E-state index in [1.54, 1.807) is 54.6 Å². The second kappa shape index (κ2) is 12.0. The summed E-state index contributed by atoms with van der Waals surface area (Å²) in [6.07, 6.45) is 6.91. The van der Waals surface area contributed by atoms with Crippen molar-refractivity contribution < 1.29 is 14.6 Å². The summed E-state index contributed by atoms with van der Waals surface area (Å²) in [4.78, 5) is 30.4. The van der Waals surface area contributed by atoms with E-state index in [2.05, 4.69) is 15.3 Å². The topological polar surface area (TPSA) is 133 Å². The molecule has 0 aliphatic carbocycles. The first kappa shape index (κ1) is 25.7. The molecule has 4 rings (SSSR count). The lowest BCUT2D eigenvalue weighted by atomic mass is 10.1. The minimum atomic E-state index is -0.447. The molecule has 0 aliphatic heterocycles. The first-order chi connectivity index (χ1) is 18.4. The number of nitro benzene ring substituents is 2. The van der Waals surface area contributed by atoms with Crippen LogP contribution >= 0.6 is 0 Å². The molecule has 38 heavy (non-hydrogen) atoms. The number of hydrogen-bond donors (Lipinski definition) is 1. The van der Waals surface area contributed by atoms with Crippen LogP contribution in [0.4, 0.5) is 23.0 Å². The van der Waals surface area contributed by atoms with Gasteiger partial charge in [-0.1, -0.05) is 36.4 Å². The average Bonchev–Trinajstić information content (AvgIpc) is 2.92. The molecule has 0 amide bonds. The van der Waals surface area contributed by atoms with Crippen LogP contribution < -0.4 is 10.1 Å². The van der Waals surface area contributed by atoms with Crippen LogP contribution in [0.1, 0.15) is 29.4 Å². The highest BCUT2D eigenvalue weighted by Crippen LogP contribution is 2.21. The molecular weight excluding hydrogens is 486 g/mol.